The van der Waals surface area contributed by atoms with Gasteiger partial charge in [-0.3, -0.25) is 4.98 Å². The number of aliphatic hydroxyl groups excluding tert-OH is 1. The molecule has 1 aromatic carbocycles. The Morgan fingerprint density at radius 3 is 3.17 bits per heavy atom. The van der Waals surface area contributed by atoms with Gasteiger partial charge in [0.25, 0.3) is 0 Å². The standard InChI is InChI=1S/C15H18N2O/c18-15-5-7-16-10-13(15)9-11-3-4-14-12(8-11)2-1-6-17-14/h1-4,6,8,13,15-16,18H,5,7,9-10H2. The zero-order valence-electron chi connectivity index (χ0n) is 10.3. The van der Waals surface area contributed by atoms with E-state index in [9.17, 15) is 5.11 Å². The van der Waals surface area contributed by atoms with E-state index in [1.54, 1.807) is 0 Å². The van der Waals surface area contributed by atoms with E-state index in [1.165, 1.54) is 10.9 Å². The maximum absolute atomic E-state index is 9.99. The van der Waals surface area contributed by atoms with Gasteiger partial charge in [-0.25, -0.2) is 0 Å². The number of hydrogen-bond acceptors (Lipinski definition) is 3. The second kappa shape index (κ2) is 5.04. The molecule has 94 valence electrons. The summed E-state index contributed by atoms with van der Waals surface area (Å²) in [5.41, 5.74) is 2.31. The lowest BCUT2D eigenvalue weighted by atomic mass is 9.89. The molecule has 0 bridgehead atoms. The molecule has 3 nitrogen and oxygen atoms in total. The third kappa shape index (κ3) is 2.37. The highest BCUT2D eigenvalue weighted by Crippen LogP contribution is 2.20. The molecule has 2 aromatic rings. The largest absolute Gasteiger partial charge is 0.393 e. The number of hydrogen-bond donors (Lipinski definition) is 2. The molecule has 1 aliphatic heterocycles. The summed E-state index contributed by atoms with van der Waals surface area (Å²) in [6.45, 7) is 1.84. The van der Waals surface area contributed by atoms with Gasteiger partial charge in [-0.05, 0) is 43.1 Å². The van der Waals surface area contributed by atoms with E-state index in [0.29, 0.717) is 5.92 Å². The van der Waals surface area contributed by atoms with Gasteiger partial charge in [-0.1, -0.05) is 12.1 Å². The Morgan fingerprint density at radius 2 is 2.28 bits per heavy atom. The molecule has 0 saturated carbocycles. The van der Waals surface area contributed by atoms with Crippen LogP contribution in [0.25, 0.3) is 10.9 Å². The maximum Gasteiger partial charge on any atom is 0.0702 e. The number of aliphatic hydroxyl groups is 1. The molecule has 2 atom stereocenters. The van der Waals surface area contributed by atoms with Crippen molar-refractivity contribution < 1.29 is 5.11 Å². The van der Waals surface area contributed by atoms with Gasteiger partial charge in [0.1, 0.15) is 0 Å². The van der Waals surface area contributed by atoms with Crippen molar-refractivity contribution in [1.29, 1.82) is 0 Å². The summed E-state index contributed by atoms with van der Waals surface area (Å²) in [4.78, 5) is 4.32. The molecule has 2 N–H and O–H groups in total. The fourth-order valence-electron chi connectivity index (χ4n) is 2.67. The van der Waals surface area contributed by atoms with Gasteiger partial charge < -0.3 is 10.4 Å². The van der Waals surface area contributed by atoms with E-state index in [2.05, 4.69) is 34.6 Å². The van der Waals surface area contributed by atoms with Gasteiger partial charge >= 0.3 is 0 Å². The molecule has 2 unspecified atom stereocenters. The molecule has 3 heteroatoms. The van der Waals surface area contributed by atoms with E-state index in [0.717, 1.165) is 31.4 Å². The Bertz CT molecular complexity index is 541. The highest BCUT2D eigenvalue weighted by Gasteiger charge is 2.22. The molecule has 1 saturated heterocycles. The SMILES string of the molecule is OC1CCNCC1Cc1ccc2ncccc2c1. The highest BCUT2D eigenvalue weighted by molar-refractivity contribution is 5.78. The van der Waals surface area contributed by atoms with Crippen LogP contribution in [0.3, 0.4) is 0 Å². The first-order chi connectivity index (χ1) is 8.83. The lowest BCUT2D eigenvalue weighted by molar-refractivity contribution is 0.0792. The van der Waals surface area contributed by atoms with Crippen molar-refractivity contribution in [3.05, 3.63) is 42.1 Å². The minimum absolute atomic E-state index is 0.171. The van der Waals surface area contributed by atoms with Gasteiger partial charge in [0.15, 0.2) is 0 Å². The molecule has 0 amide bonds. The minimum atomic E-state index is -0.171. The zero-order valence-corrected chi connectivity index (χ0v) is 10.3. The van der Waals surface area contributed by atoms with Gasteiger partial charge in [0.2, 0.25) is 0 Å². The third-order valence-corrected chi connectivity index (χ3v) is 3.73. The topological polar surface area (TPSA) is 45.1 Å². The van der Waals surface area contributed by atoms with Gasteiger partial charge in [-0.2, -0.15) is 0 Å². The van der Waals surface area contributed by atoms with Gasteiger partial charge in [0, 0.05) is 24.0 Å². The Labute approximate surface area is 107 Å². The number of nitrogens with zero attached hydrogens (tertiary/aromatic N) is 1. The van der Waals surface area contributed by atoms with Crippen LogP contribution < -0.4 is 5.32 Å². The third-order valence-electron chi connectivity index (χ3n) is 3.73. The smallest absolute Gasteiger partial charge is 0.0702 e. The molecule has 1 aliphatic rings. The van der Waals surface area contributed by atoms with Crippen LogP contribution >= 0.6 is 0 Å². The molecule has 0 radical (unpaired) electrons. The van der Waals surface area contributed by atoms with Crippen molar-refractivity contribution >= 4 is 10.9 Å². The van der Waals surface area contributed by atoms with Crippen LogP contribution in [-0.2, 0) is 6.42 Å². The van der Waals surface area contributed by atoms with Crippen LogP contribution in [0.1, 0.15) is 12.0 Å². The molecule has 18 heavy (non-hydrogen) atoms. The number of piperidine rings is 1. The van der Waals surface area contributed by atoms with Crippen molar-refractivity contribution in [2.45, 2.75) is 18.9 Å². The number of aromatic nitrogens is 1. The summed E-state index contributed by atoms with van der Waals surface area (Å²) in [6, 6.07) is 10.4. The normalized spacial score (nSPS) is 24.3. The van der Waals surface area contributed by atoms with Crippen LogP contribution in [0.5, 0.6) is 0 Å². The monoisotopic (exact) mass is 242 g/mol. The number of benzene rings is 1. The highest BCUT2D eigenvalue weighted by atomic mass is 16.3. The number of pyridine rings is 1. The average Bonchev–Trinajstić information content (AvgIpc) is 2.41. The van der Waals surface area contributed by atoms with Crippen LogP contribution in [0, 0.1) is 5.92 Å². The fraction of sp³-hybridized carbons (Fsp3) is 0.400. The average molecular weight is 242 g/mol. The van der Waals surface area contributed by atoms with Gasteiger partial charge in [-0.15, -0.1) is 0 Å². The number of nitrogens with one attached hydrogen (secondary N) is 1. The molecule has 0 spiro atoms. The summed E-state index contributed by atoms with van der Waals surface area (Å²) >= 11 is 0. The molecule has 2 heterocycles. The van der Waals surface area contributed by atoms with Crippen molar-refractivity contribution in [3.63, 3.8) is 0 Å². The predicted octanol–water partition coefficient (Wildman–Crippen LogP) is 1.75. The van der Waals surface area contributed by atoms with E-state index < -0.39 is 0 Å². The quantitative estimate of drug-likeness (QED) is 0.843. The van der Waals surface area contributed by atoms with E-state index in [4.69, 9.17) is 0 Å². The van der Waals surface area contributed by atoms with Crippen LogP contribution in [0.2, 0.25) is 0 Å². The summed E-state index contributed by atoms with van der Waals surface area (Å²) in [6.07, 6.45) is 3.44. The number of fused-ring (bicyclic) bond motifs is 1. The Morgan fingerprint density at radius 1 is 1.33 bits per heavy atom. The van der Waals surface area contributed by atoms with Crippen LogP contribution in [0.15, 0.2) is 36.5 Å². The van der Waals surface area contributed by atoms with Gasteiger partial charge in [0.05, 0.1) is 11.6 Å². The minimum Gasteiger partial charge on any atom is -0.393 e. The Hall–Kier alpha value is -1.45. The first kappa shape index (κ1) is 11.6. The van der Waals surface area contributed by atoms with Crippen LogP contribution in [0.4, 0.5) is 0 Å². The molecule has 1 aromatic heterocycles. The number of rotatable bonds is 2. The Balaban J connectivity index is 1.81. The molecular weight excluding hydrogens is 224 g/mol. The predicted molar refractivity (Wildman–Crippen MR) is 72.4 cm³/mol. The Kier molecular flexibility index (Phi) is 3.26. The fourth-order valence-corrected chi connectivity index (χ4v) is 2.67. The summed E-state index contributed by atoms with van der Waals surface area (Å²) in [5, 5.41) is 14.5. The summed E-state index contributed by atoms with van der Waals surface area (Å²) < 4.78 is 0. The van der Waals surface area contributed by atoms with Crippen molar-refractivity contribution in [2.24, 2.45) is 5.92 Å². The van der Waals surface area contributed by atoms with Crippen molar-refractivity contribution in [3.8, 4) is 0 Å². The molecule has 1 fully saturated rings. The van der Waals surface area contributed by atoms with Crippen molar-refractivity contribution in [1.82, 2.24) is 10.3 Å². The van der Waals surface area contributed by atoms with Crippen molar-refractivity contribution in [2.75, 3.05) is 13.1 Å². The lowest BCUT2D eigenvalue weighted by Crippen LogP contribution is -2.40. The van der Waals surface area contributed by atoms with E-state index >= 15 is 0 Å². The summed E-state index contributed by atoms with van der Waals surface area (Å²) in [7, 11) is 0. The first-order valence-electron chi connectivity index (χ1n) is 6.55. The lowest BCUT2D eigenvalue weighted by Gasteiger charge is -2.28. The molecule has 0 aliphatic carbocycles. The second-order valence-electron chi connectivity index (χ2n) is 5.05. The van der Waals surface area contributed by atoms with E-state index in [-0.39, 0.29) is 6.10 Å². The maximum atomic E-state index is 9.99. The molecule has 3 rings (SSSR count). The summed E-state index contributed by atoms with van der Waals surface area (Å²) in [5.74, 6) is 0.327. The first-order valence-corrected chi connectivity index (χ1v) is 6.55. The molecular formula is C15H18N2O. The van der Waals surface area contributed by atoms with E-state index in [1.807, 2.05) is 12.3 Å². The van der Waals surface area contributed by atoms with Crippen LogP contribution in [-0.4, -0.2) is 29.3 Å². The zero-order chi connectivity index (χ0) is 12.4. The second-order valence-corrected chi connectivity index (χ2v) is 5.05.